The van der Waals surface area contributed by atoms with Crippen LogP contribution in [0.3, 0.4) is 0 Å². The molecule has 0 spiro atoms. The number of thioether (sulfide) groups is 2. The third-order valence-electron chi connectivity index (χ3n) is 4.43. The Balaban J connectivity index is 1.79. The highest BCUT2D eigenvalue weighted by atomic mass is 32.2. The predicted octanol–water partition coefficient (Wildman–Crippen LogP) is 6.87. The highest BCUT2D eigenvalue weighted by Crippen LogP contribution is 2.51. The topological polar surface area (TPSA) is 0 Å². The van der Waals surface area contributed by atoms with E-state index in [0.717, 1.165) is 0 Å². The molecular formula is C21H20S2. The lowest BCUT2D eigenvalue weighted by atomic mass is 9.99. The van der Waals surface area contributed by atoms with E-state index in [1.165, 1.54) is 38.1 Å². The van der Waals surface area contributed by atoms with Gasteiger partial charge in [0.15, 0.2) is 0 Å². The molecular weight excluding hydrogens is 316 g/mol. The minimum Gasteiger partial charge on any atom is -0.123 e. The first-order valence-electron chi connectivity index (χ1n) is 8.12. The fraction of sp³-hybridized carbons (Fsp3) is 0.238. The van der Waals surface area contributed by atoms with Crippen molar-refractivity contribution in [3.63, 3.8) is 0 Å². The van der Waals surface area contributed by atoms with Gasteiger partial charge in [-0.05, 0) is 47.9 Å². The molecule has 0 saturated heterocycles. The number of hydrogen-bond donors (Lipinski definition) is 0. The summed E-state index contributed by atoms with van der Waals surface area (Å²) in [6.07, 6.45) is 1.23. The summed E-state index contributed by atoms with van der Waals surface area (Å²) in [6, 6.07) is 22.4. The normalized spacial score (nSPS) is 20.4. The van der Waals surface area contributed by atoms with Crippen molar-refractivity contribution in [2.24, 2.45) is 0 Å². The van der Waals surface area contributed by atoms with Crippen molar-refractivity contribution in [2.75, 3.05) is 0 Å². The van der Waals surface area contributed by atoms with Crippen molar-refractivity contribution in [3.05, 3.63) is 71.8 Å². The molecule has 0 nitrogen and oxygen atoms in total. The smallest absolute Gasteiger partial charge is 0.0372 e. The number of rotatable bonds is 2. The molecule has 3 aromatic carbocycles. The molecule has 0 saturated carbocycles. The van der Waals surface area contributed by atoms with Gasteiger partial charge in [0.05, 0.1) is 0 Å². The van der Waals surface area contributed by atoms with E-state index in [1.807, 2.05) is 23.5 Å². The van der Waals surface area contributed by atoms with Crippen molar-refractivity contribution >= 4 is 34.3 Å². The minimum atomic E-state index is 0.537. The average molecular weight is 337 g/mol. The van der Waals surface area contributed by atoms with Gasteiger partial charge in [0.1, 0.15) is 0 Å². The molecule has 0 radical (unpaired) electrons. The maximum atomic E-state index is 2.35. The third kappa shape index (κ3) is 3.02. The van der Waals surface area contributed by atoms with Crippen LogP contribution >= 0.6 is 23.5 Å². The summed E-state index contributed by atoms with van der Waals surface area (Å²) >= 11 is 4.05. The second kappa shape index (κ2) is 6.26. The highest BCUT2D eigenvalue weighted by molar-refractivity contribution is 8.01. The highest BCUT2D eigenvalue weighted by Gasteiger charge is 2.27. The van der Waals surface area contributed by atoms with Gasteiger partial charge in [-0.25, -0.2) is 0 Å². The zero-order valence-corrected chi connectivity index (χ0v) is 15.1. The minimum absolute atomic E-state index is 0.537. The molecule has 116 valence electrons. The van der Waals surface area contributed by atoms with Crippen molar-refractivity contribution in [2.45, 2.75) is 40.6 Å². The molecule has 4 rings (SSSR count). The first kappa shape index (κ1) is 15.2. The fourth-order valence-corrected chi connectivity index (χ4v) is 6.11. The van der Waals surface area contributed by atoms with Gasteiger partial charge in [-0.15, -0.1) is 23.5 Å². The van der Waals surface area contributed by atoms with E-state index >= 15 is 0 Å². The Bertz CT molecular complexity index is 836. The summed E-state index contributed by atoms with van der Waals surface area (Å²) in [7, 11) is 0. The third-order valence-corrected chi connectivity index (χ3v) is 6.89. The van der Waals surface area contributed by atoms with Gasteiger partial charge in [0.2, 0.25) is 0 Å². The monoisotopic (exact) mass is 336 g/mol. The standard InChI is InChI=1S/C21H20S2/c1-14-7-10-17(11-8-14)23-20-13-15(2)22-19-12-9-16-5-3-4-6-18(16)21(19)20/h3-12,15,20H,13H2,1-2H3/t15-,20-/m1/s1. The molecule has 0 amide bonds. The van der Waals surface area contributed by atoms with Gasteiger partial charge in [-0.2, -0.15) is 0 Å². The molecule has 23 heavy (non-hydrogen) atoms. The van der Waals surface area contributed by atoms with Crippen molar-refractivity contribution < 1.29 is 0 Å². The van der Waals surface area contributed by atoms with Crippen LogP contribution in [0.4, 0.5) is 0 Å². The molecule has 0 aromatic heterocycles. The summed E-state index contributed by atoms with van der Waals surface area (Å²) in [5, 5.41) is 3.99. The van der Waals surface area contributed by atoms with Crippen LogP contribution in [0.15, 0.2) is 70.5 Å². The van der Waals surface area contributed by atoms with Gasteiger partial charge in [-0.1, -0.05) is 55.0 Å². The largest absolute Gasteiger partial charge is 0.123 e. The van der Waals surface area contributed by atoms with E-state index in [1.54, 1.807) is 0 Å². The first-order valence-corrected chi connectivity index (χ1v) is 9.88. The zero-order valence-electron chi connectivity index (χ0n) is 13.5. The molecule has 1 heterocycles. The van der Waals surface area contributed by atoms with Crippen LogP contribution in [0.2, 0.25) is 0 Å². The molecule has 3 aromatic rings. The van der Waals surface area contributed by atoms with Crippen LogP contribution < -0.4 is 0 Å². The van der Waals surface area contributed by atoms with Gasteiger partial charge in [0.25, 0.3) is 0 Å². The Kier molecular flexibility index (Phi) is 4.13. The second-order valence-corrected chi connectivity index (χ2v) is 9.04. The zero-order chi connectivity index (χ0) is 15.8. The molecule has 0 aliphatic carbocycles. The van der Waals surface area contributed by atoms with E-state index in [2.05, 4.69) is 74.5 Å². The predicted molar refractivity (Wildman–Crippen MR) is 104 cm³/mol. The van der Waals surface area contributed by atoms with Crippen LogP contribution in [0.25, 0.3) is 10.8 Å². The first-order chi connectivity index (χ1) is 11.2. The summed E-state index contributed by atoms with van der Waals surface area (Å²) in [6.45, 7) is 4.50. The molecule has 0 bridgehead atoms. The molecule has 1 aliphatic rings. The van der Waals surface area contributed by atoms with Gasteiger partial charge in [-0.3, -0.25) is 0 Å². The molecule has 2 atom stereocenters. The van der Waals surface area contributed by atoms with Crippen molar-refractivity contribution in [3.8, 4) is 0 Å². The Morgan fingerprint density at radius 2 is 1.74 bits per heavy atom. The van der Waals surface area contributed by atoms with Crippen molar-refractivity contribution in [1.82, 2.24) is 0 Å². The van der Waals surface area contributed by atoms with Gasteiger partial charge < -0.3 is 0 Å². The number of aryl methyl sites for hydroxylation is 1. The van der Waals surface area contributed by atoms with Crippen LogP contribution in [0, 0.1) is 6.92 Å². The van der Waals surface area contributed by atoms with E-state index in [4.69, 9.17) is 0 Å². The van der Waals surface area contributed by atoms with Gasteiger partial charge in [0, 0.05) is 20.3 Å². The number of fused-ring (bicyclic) bond motifs is 3. The number of benzene rings is 3. The van der Waals surface area contributed by atoms with E-state index in [9.17, 15) is 0 Å². The van der Waals surface area contributed by atoms with E-state index < -0.39 is 0 Å². The van der Waals surface area contributed by atoms with Crippen molar-refractivity contribution in [1.29, 1.82) is 0 Å². The Morgan fingerprint density at radius 1 is 0.957 bits per heavy atom. The van der Waals surface area contributed by atoms with Crippen LogP contribution in [0.5, 0.6) is 0 Å². The lowest BCUT2D eigenvalue weighted by Gasteiger charge is -2.30. The average Bonchev–Trinajstić information content (AvgIpc) is 2.56. The molecule has 0 unspecified atom stereocenters. The van der Waals surface area contributed by atoms with Crippen LogP contribution in [0.1, 0.15) is 29.7 Å². The quantitative estimate of drug-likeness (QED) is 0.501. The molecule has 2 heteroatoms. The summed E-state index contributed by atoms with van der Waals surface area (Å²) in [4.78, 5) is 2.84. The van der Waals surface area contributed by atoms with E-state index in [-0.39, 0.29) is 0 Å². The lowest BCUT2D eigenvalue weighted by molar-refractivity contribution is 0.769. The maximum absolute atomic E-state index is 2.35. The summed E-state index contributed by atoms with van der Waals surface area (Å²) in [5.41, 5.74) is 2.87. The Hall–Kier alpha value is -1.38. The second-order valence-electron chi connectivity index (χ2n) is 6.28. The summed E-state index contributed by atoms with van der Waals surface area (Å²) < 4.78 is 0. The van der Waals surface area contributed by atoms with Gasteiger partial charge >= 0.3 is 0 Å². The van der Waals surface area contributed by atoms with Crippen LogP contribution in [-0.4, -0.2) is 5.25 Å². The molecule has 1 aliphatic heterocycles. The SMILES string of the molecule is Cc1ccc(S[C@@H]2C[C@@H](C)Sc3ccc4ccccc4c32)cc1. The lowest BCUT2D eigenvalue weighted by Crippen LogP contribution is -2.11. The maximum Gasteiger partial charge on any atom is 0.0372 e. The summed E-state index contributed by atoms with van der Waals surface area (Å²) in [5.74, 6) is 0. The van der Waals surface area contributed by atoms with Crippen LogP contribution in [-0.2, 0) is 0 Å². The Labute approximate surface area is 146 Å². The Morgan fingerprint density at radius 3 is 2.57 bits per heavy atom. The number of hydrogen-bond acceptors (Lipinski definition) is 2. The molecule has 0 N–H and O–H groups in total. The molecule has 0 fully saturated rings. The fourth-order valence-electron chi connectivity index (χ4n) is 3.28. The van der Waals surface area contributed by atoms with E-state index in [0.29, 0.717) is 10.5 Å².